The first-order valence-corrected chi connectivity index (χ1v) is 7.33. The molecule has 0 saturated heterocycles. The molecule has 9 heteroatoms. The highest BCUT2D eigenvalue weighted by Gasteiger charge is 2.11. The van der Waals surface area contributed by atoms with Gasteiger partial charge >= 0.3 is 0 Å². The molecule has 9 nitrogen and oxygen atoms in total. The number of anilines is 2. The number of para-hydroxylation sites is 2. The van der Waals surface area contributed by atoms with Crippen LogP contribution >= 0.6 is 0 Å². The van der Waals surface area contributed by atoms with Crippen molar-refractivity contribution in [3.8, 4) is 0 Å². The van der Waals surface area contributed by atoms with E-state index in [1.165, 1.54) is 12.1 Å². The van der Waals surface area contributed by atoms with Crippen molar-refractivity contribution in [2.75, 3.05) is 11.1 Å². The van der Waals surface area contributed by atoms with Crippen LogP contribution in [0.4, 0.5) is 11.4 Å². The zero-order valence-corrected chi connectivity index (χ0v) is 13.8. The van der Waals surface area contributed by atoms with Crippen LogP contribution in [0.15, 0.2) is 48.5 Å². The van der Waals surface area contributed by atoms with Crippen molar-refractivity contribution in [1.29, 1.82) is 0 Å². The molecule has 0 unspecified atom stereocenters. The van der Waals surface area contributed by atoms with Gasteiger partial charge < -0.3 is 28.3 Å². The average molecular weight is 357 g/mol. The van der Waals surface area contributed by atoms with Gasteiger partial charge in [-0.2, -0.15) is 0 Å². The summed E-state index contributed by atoms with van der Waals surface area (Å²) in [5.41, 5.74) is 21.6. The number of nitrogens with two attached hydrogens (primary N) is 4. The fourth-order valence-corrected chi connectivity index (χ4v) is 1.88. The van der Waals surface area contributed by atoms with Crippen molar-refractivity contribution >= 4 is 35.0 Å². The van der Waals surface area contributed by atoms with E-state index in [0.29, 0.717) is 11.3 Å². The predicted molar refractivity (Wildman–Crippen MR) is 96.8 cm³/mol. The molecule has 2 aromatic carbocycles. The lowest BCUT2D eigenvalue weighted by molar-refractivity contribution is -0.124. The van der Waals surface area contributed by atoms with E-state index < -0.39 is 30.0 Å². The maximum absolute atomic E-state index is 11.2. The number of benzene rings is 2. The molecule has 0 aliphatic heterocycles. The van der Waals surface area contributed by atoms with Crippen LogP contribution in [0.5, 0.6) is 0 Å². The molecule has 136 valence electrons. The number of hydrogen-bond donors (Lipinski definition) is 5. The quantitative estimate of drug-likeness (QED) is 0.371. The summed E-state index contributed by atoms with van der Waals surface area (Å²) in [5, 5.41) is 2.38. The Bertz CT molecular complexity index is 835. The summed E-state index contributed by atoms with van der Waals surface area (Å²) in [6, 6.07) is 12.9. The molecular weight excluding hydrogens is 338 g/mol. The second-order valence-electron chi connectivity index (χ2n) is 5.05. The summed E-state index contributed by atoms with van der Waals surface area (Å²) < 4.78 is 0. The van der Waals surface area contributed by atoms with Crippen molar-refractivity contribution in [2.24, 2.45) is 17.2 Å². The van der Waals surface area contributed by atoms with E-state index in [9.17, 15) is 19.2 Å². The van der Waals surface area contributed by atoms with Crippen molar-refractivity contribution < 1.29 is 19.2 Å². The maximum Gasteiger partial charge on any atom is 0.250 e. The van der Waals surface area contributed by atoms with E-state index in [0.717, 1.165) is 0 Å². The average Bonchev–Trinajstić information content (AvgIpc) is 2.55. The Kier molecular flexibility index (Phi) is 7.31. The zero-order valence-electron chi connectivity index (χ0n) is 13.8. The third kappa shape index (κ3) is 6.32. The third-order valence-corrected chi connectivity index (χ3v) is 3.03. The molecule has 0 spiro atoms. The van der Waals surface area contributed by atoms with Gasteiger partial charge in [0.25, 0.3) is 11.8 Å². The van der Waals surface area contributed by atoms with Crippen LogP contribution in [0, 0.1) is 0 Å². The molecule has 0 aliphatic carbocycles. The van der Waals surface area contributed by atoms with Gasteiger partial charge in [0.2, 0.25) is 11.8 Å². The number of hydrogen-bond acceptors (Lipinski definition) is 5. The number of nitrogen functional groups attached to an aromatic ring is 1. The standard InChI is InChI=1S/C10H11N3O3.C7H8N2O/c11-8(14)5-9(15)13-7-4-2-1-3-6(7)10(12)16;8-6-4-2-1-3-5(6)7(9)10/h1-4H,5H2,(H2,11,14)(H2,12,16)(H,13,15);1-4H,8H2,(H2,9,10). The van der Waals surface area contributed by atoms with Gasteiger partial charge in [0, 0.05) is 5.69 Å². The molecule has 0 fully saturated rings. The van der Waals surface area contributed by atoms with Crippen LogP contribution in [0.3, 0.4) is 0 Å². The molecule has 0 heterocycles. The van der Waals surface area contributed by atoms with E-state index in [1.54, 1.807) is 36.4 Å². The van der Waals surface area contributed by atoms with Gasteiger partial charge in [-0.25, -0.2) is 0 Å². The van der Waals surface area contributed by atoms with Crippen molar-refractivity contribution in [3.63, 3.8) is 0 Å². The smallest absolute Gasteiger partial charge is 0.250 e. The molecule has 0 atom stereocenters. The second-order valence-corrected chi connectivity index (χ2v) is 5.05. The highest BCUT2D eigenvalue weighted by Crippen LogP contribution is 2.14. The number of rotatable bonds is 5. The number of nitrogens with one attached hydrogen (secondary N) is 1. The van der Waals surface area contributed by atoms with E-state index in [4.69, 9.17) is 22.9 Å². The predicted octanol–water partition coefficient (Wildman–Crippen LogP) is -0.0329. The minimum absolute atomic E-state index is 0.181. The summed E-state index contributed by atoms with van der Waals surface area (Å²) in [6.45, 7) is 0. The highest BCUT2D eigenvalue weighted by atomic mass is 16.2. The molecule has 0 bridgehead atoms. The van der Waals surface area contributed by atoms with Gasteiger partial charge in [0.15, 0.2) is 0 Å². The Hall–Kier alpha value is -3.88. The van der Waals surface area contributed by atoms with E-state index in [2.05, 4.69) is 5.32 Å². The molecule has 26 heavy (non-hydrogen) atoms. The zero-order chi connectivity index (χ0) is 19.7. The largest absolute Gasteiger partial charge is 0.398 e. The Morgan fingerprint density at radius 3 is 1.73 bits per heavy atom. The minimum atomic E-state index is -0.742. The third-order valence-electron chi connectivity index (χ3n) is 3.03. The van der Waals surface area contributed by atoms with Gasteiger partial charge in [-0.3, -0.25) is 19.2 Å². The molecule has 4 amide bonds. The SMILES string of the molecule is NC(=O)CC(=O)Nc1ccccc1C(N)=O.NC(=O)c1ccccc1N. The molecule has 2 rings (SSSR count). The van der Waals surface area contributed by atoms with E-state index in [-0.39, 0.29) is 11.3 Å². The summed E-state index contributed by atoms with van der Waals surface area (Å²) in [4.78, 5) is 43.3. The van der Waals surface area contributed by atoms with Gasteiger partial charge in [-0.05, 0) is 24.3 Å². The summed E-state index contributed by atoms with van der Waals surface area (Å²) in [5.74, 6) is -2.47. The van der Waals surface area contributed by atoms with Gasteiger partial charge in [-0.1, -0.05) is 24.3 Å². The Morgan fingerprint density at radius 1 is 0.769 bits per heavy atom. The van der Waals surface area contributed by atoms with Crippen molar-refractivity contribution in [1.82, 2.24) is 0 Å². The van der Waals surface area contributed by atoms with Crippen molar-refractivity contribution in [2.45, 2.75) is 6.42 Å². The lowest BCUT2D eigenvalue weighted by Gasteiger charge is -2.07. The Balaban J connectivity index is 0.000000289. The number of carbonyl (C=O) groups is 4. The first-order chi connectivity index (χ1) is 12.2. The molecule has 0 aliphatic rings. The number of primary amides is 3. The summed E-state index contributed by atoms with van der Waals surface area (Å²) in [6.07, 6.45) is -0.437. The van der Waals surface area contributed by atoms with E-state index >= 15 is 0 Å². The van der Waals surface area contributed by atoms with Gasteiger partial charge in [-0.15, -0.1) is 0 Å². The molecule has 0 saturated carbocycles. The summed E-state index contributed by atoms with van der Waals surface area (Å²) in [7, 11) is 0. The highest BCUT2D eigenvalue weighted by molar-refractivity contribution is 6.07. The van der Waals surface area contributed by atoms with Gasteiger partial charge in [0.05, 0.1) is 16.8 Å². The first kappa shape index (κ1) is 20.2. The molecule has 2 aromatic rings. The van der Waals surface area contributed by atoms with Crippen LogP contribution in [0.25, 0.3) is 0 Å². The van der Waals surface area contributed by atoms with Crippen LogP contribution in [-0.4, -0.2) is 23.6 Å². The number of amides is 4. The van der Waals surface area contributed by atoms with E-state index in [1.807, 2.05) is 0 Å². The maximum atomic E-state index is 11.2. The van der Waals surface area contributed by atoms with Crippen molar-refractivity contribution in [3.05, 3.63) is 59.7 Å². The second kappa shape index (κ2) is 9.42. The lowest BCUT2D eigenvalue weighted by atomic mass is 10.1. The molecule has 0 aromatic heterocycles. The minimum Gasteiger partial charge on any atom is -0.398 e. The summed E-state index contributed by atoms with van der Waals surface area (Å²) >= 11 is 0. The monoisotopic (exact) mass is 357 g/mol. The molecule has 9 N–H and O–H groups in total. The molecular formula is C17H19N5O4. The van der Waals surface area contributed by atoms with Crippen LogP contribution in [-0.2, 0) is 9.59 Å². The van der Waals surface area contributed by atoms with Crippen LogP contribution in [0.2, 0.25) is 0 Å². The first-order valence-electron chi connectivity index (χ1n) is 7.33. The van der Waals surface area contributed by atoms with Crippen LogP contribution < -0.4 is 28.3 Å². The lowest BCUT2D eigenvalue weighted by Crippen LogP contribution is -2.23. The topological polar surface area (TPSA) is 184 Å². The molecule has 0 radical (unpaired) electrons. The fraction of sp³-hybridized carbons (Fsp3) is 0.0588. The van der Waals surface area contributed by atoms with Gasteiger partial charge in [0.1, 0.15) is 6.42 Å². The number of carbonyl (C=O) groups excluding carboxylic acids is 4. The normalized spacial score (nSPS) is 9.38. The van der Waals surface area contributed by atoms with Crippen LogP contribution in [0.1, 0.15) is 27.1 Å². The Labute approximate surface area is 149 Å². The fourth-order valence-electron chi connectivity index (χ4n) is 1.88. The Morgan fingerprint density at radius 2 is 1.27 bits per heavy atom.